The van der Waals surface area contributed by atoms with Gasteiger partial charge in [0.25, 0.3) is 0 Å². The highest BCUT2D eigenvalue weighted by molar-refractivity contribution is 5.86. The fraction of sp³-hybridized carbons (Fsp3) is 0.444. The van der Waals surface area contributed by atoms with Gasteiger partial charge in [-0.2, -0.15) is 0 Å². The van der Waals surface area contributed by atoms with E-state index in [9.17, 15) is 14.7 Å². The van der Waals surface area contributed by atoms with E-state index in [1.54, 1.807) is 18.9 Å². The molecule has 234 valence electrons. The van der Waals surface area contributed by atoms with Gasteiger partial charge >= 0.3 is 6.09 Å². The van der Waals surface area contributed by atoms with Gasteiger partial charge in [-0.15, -0.1) is 0 Å². The van der Waals surface area contributed by atoms with Crippen molar-refractivity contribution in [3.8, 4) is 11.5 Å². The van der Waals surface area contributed by atoms with Crippen LogP contribution in [-0.4, -0.2) is 60.5 Å². The molecule has 1 aliphatic heterocycles. The number of hydrogen-bond acceptors (Lipinski definition) is 6. The number of aliphatic hydroxyl groups is 1. The van der Waals surface area contributed by atoms with Gasteiger partial charge < -0.3 is 29.5 Å². The van der Waals surface area contributed by atoms with Gasteiger partial charge in [0.05, 0.1) is 19.3 Å². The number of nitrogens with zero attached hydrogens (tertiary/aromatic N) is 1. The third-order valence-electron chi connectivity index (χ3n) is 9.27. The van der Waals surface area contributed by atoms with E-state index >= 15 is 0 Å². The van der Waals surface area contributed by atoms with Crippen molar-refractivity contribution in [1.29, 1.82) is 0 Å². The number of aliphatic hydroxyl groups excluding tert-OH is 1. The number of hydrogen-bond donors (Lipinski definition) is 2. The number of alkyl carbamates (subject to hydrolysis) is 1. The zero-order valence-corrected chi connectivity index (χ0v) is 25.9. The van der Waals surface area contributed by atoms with E-state index in [-0.39, 0.29) is 24.5 Å². The molecule has 0 aromatic heterocycles. The highest BCUT2D eigenvalue weighted by atomic mass is 16.5. The first kappa shape index (κ1) is 31.4. The first-order chi connectivity index (χ1) is 21.3. The quantitative estimate of drug-likeness (QED) is 0.286. The van der Waals surface area contributed by atoms with Crippen LogP contribution in [0.15, 0.2) is 78.9 Å². The van der Waals surface area contributed by atoms with Gasteiger partial charge in [0.15, 0.2) is 11.5 Å². The highest BCUT2D eigenvalue weighted by Crippen LogP contribution is 2.47. The van der Waals surface area contributed by atoms with Crippen LogP contribution < -0.4 is 14.8 Å². The maximum absolute atomic E-state index is 14.2. The monoisotopic (exact) mass is 600 g/mol. The minimum Gasteiger partial charge on any atom is -0.493 e. The topological polar surface area (TPSA) is 97.3 Å². The molecule has 0 radical (unpaired) electrons. The summed E-state index contributed by atoms with van der Waals surface area (Å²) < 4.78 is 17.5. The molecule has 5 rings (SSSR count). The number of ether oxygens (including phenoxy) is 3. The van der Waals surface area contributed by atoms with E-state index in [1.807, 2.05) is 85.8 Å². The molecule has 1 heterocycles. The van der Waals surface area contributed by atoms with Crippen LogP contribution in [-0.2, 0) is 22.6 Å². The number of rotatable bonds is 11. The van der Waals surface area contributed by atoms with Crippen molar-refractivity contribution < 1.29 is 28.9 Å². The Hall–Kier alpha value is -4.04. The molecular weight excluding hydrogens is 556 g/mol. The van der Waals surface area contributed by atoms with Crippen LogP contribution in [0.3, 0.4) is 0 Å². The molecule has 2 aliphatic rings. The fourth-order valence-corrected chi connectivity index (χ4v) is 6.46. The Morgan fingerprint density at radius 3 is 2.27 bits per heavy atom. The summed E-state index contributed by atoms with van der Waals surface area (Å²) in [5.41, 5.74) is 2.14. The summed E-state index contributed by atoms with van der Waals surface area (Å²) in [5.74, 6) is 0.993. The lowest BCUT2D eigenvalue weighted by molar-refractivity contribution is -0.133. The van der Waals surface area contributed by atoms with Crippen molar-refractivity contribution in [2.24, 2.45) is 5.41 Å². The SMILES string of the molecule is COc1ccc([C@@H]2CN(C(=O)[C@H](Cc3ccccc3)NC(=O)OCc3ccccc3)C[C@@]2(C)[C@@H](C)O)cc1OC1CCCC1. The molecule has 0 unspecified atom stereocenters. The molecule has 2 amide bonds. The number of methoxy groups -OCH3 is 1. The lowest BCUT2D eigenvalue weighted by atomic mass is 9.72. The Kier molecular flexibility index (Phi) is 10.1. The Bertz CT molecular complexity index is 1390. The summed E-state index contributed by atoms with van der Waals surface area (Å²) in [4.78, 5) is 28.9. The minimum absolute atomic E-state index is 0.105. The van der Waals surface area contributed by atoms with Crippen LogP contribution in [0, 0.1) is 5.41 Å². The van der Waals surface area contributed by atoms with E-state index < -0.39 is 23.7 Å². The molecule has 1 saturated heterocycles. The number of amides is 2. The number of likely N-dealkylation sites (tertiary alicyclic amines) is 1. The van der Waals surface area contributed by atoms with Crippen LogP contribution >= 0.6 is 0 Å². The Labute approximate surface area is 260 Å². The summed E-state index contributed by atoms with van der Waals surface area (Å²) >= 11 is 0. The number of carbonyl (C=O) groups is 2. The summed E-state index contributed by atoms with van der Waals surface area (Å²) in [6.07, 6.45) is 3.49. The molecule has 3 aromatic rings. The third kappa shape index (κ3) is 7.36. The van der Waals surface area contributed by atoms with Gasteiger partial charge in [-0.25, -0.2) is 4.79 Å². The standard InChI is InChI=1S/C36H44N2O6/c1-25(39)36(2)24-38(22-30(36)28-18-19-32(42-3)33(21-28)44-29-16-10-11-17-29)34(40)31(20-26-12-6-4-7-13-26)37-35(41)43-23-27-14-8-5-9-15-27/h4-9,12-15,18-19,21,25,29-31,39H,10-11,16-17,20,22-24H2,1-3H3,(H,37,41)/t25-,30+,31+,36+/m1/s1. The summed E-state index contributed by atoms with van der Waals surface area (Å²) in [7, 11) is 1.64. The number of benzene rings is 3. The molecule has 2 fully saturated rings. The Balaban J connectivity index is 1.36. The summed E-state index contributed by atoms with van der Waals surface area (Å²) in [6, 6.07) is 24.1. The first-order valence-electron chi connectivity index (χ1n) is 15.6. The van der Waals surface area contributed by atoms with Crippen molar-refractivity contribution in [3.63, 3.8) is 0 Å². The van der Waals surface area contributed by atoms with Crippen molar-refractivity contribution >= 4 is 12.0 Å². The smallest absolute Gasteiger partial charge is 0.408 e. The fourth-order valence-electron chi connectivity index (χ4n) is 6.46. The molecule has 44 heavy (non-hydrogen) atoms. The van der Waals surface area contributed by atoms with Crippen molar-refractivity contribution in [1.82, 2.24) is 10.2 Å². The van der Waals surface area contributed by atoms with E-state index in [4.69, 9.17) is 14.2 Å². The van der Waals surface area contributed by atoms with E-state index in [0.29, 0.717) is 31.0 Å². The molecule has 8 heteroatoms. The minimum atomic E-state index is -0.838. The van der Waals surface area contributed by atoms with Gasteiger partial charge in [0.1, 0.15) is 12.6 Å². The number of nitrogens with one attached hydrogen (secondary N) is 1. The second kappa shape index (κ2) is 14.2. The van der Waals surface area contributed by atoms with E-state index in [2.05, 4.69) is 5.32 Å². The van der Waals surface area contributed by atoms with Crippen LogP contribution in [0.4, 0.5) is 4.79 Å². The van der Waals surface area contributed by atoms with Gasteiger partial charge in [-0.1, -0.05) is 73.7 Å². The van der Waals surface area contributed by atoms with E-state index in [1.165, 1.54) is 0 Å². The molecule has 0 bridgehead atoms. The number of carbonyl (C=O) groups excluding carboxylic acids is 2. The second-order valence-electron chi connectivity index (χ2n) is 12.3. The maximum atomic E-state index is 14.2. The van der Waals surface area contributed by atoms with Gasteiger partial charge in [-0.05, 0) is 61.4 Å². The lowest BCUT2D eigenvalue weighted by Gasteiger charge is -2.34. The third-order valence-corrected chi connectivity index (χ3v) is 9.27. The molecule has 1 saturated carbocycles. The molecule has 2 N–H and O–H groups in total. The molecular formula is C36H44N2O6. The molecule has 4 atom stereocenters. The summed E-state index contributed by atoms with van der Waals surface area (Å²) in [5, 5.41) is 13.9. The van der Waals surface area contributed by atoms with Gasteiger partial charge in [-0.3, -0.25) is 4.79 Å². The molecule has 3 aromatic carbocycles. The van der Waals surface area contributed by atoms with Crippen LogP contribution in [0.1, 0.15) is 62.1 Å². The highest BCUT2D eigenvalue weighted by Gasteiger charge is 2.49. The average Bonchev–Trinajstić information content (AvgIpc) is 3.68. The zero-order valence-electron chi connectivity index (χ0n) is 25.9. The van der Waals surface area contributed by atoms with Crippen LogP contribution in [0.5, 0.6) is 11.5 Å². The normalized spacial score (nSPS) is 21.5. The molecule has 8 nitrogen and oxygen atoms in total. The molecule has 1 aliphatic carbocycles. The molecule has 0 spiro atoms. The lowest BCUT2D eigenvalue weighted by Crippen LogP contribution is -2.50. The largest absolute Gasteiger partial charge is 0.493 e. The predicted molar refractivity (Wildman–Crippen MR) is 169 cm³/mol. The first-order valence-corrected chi connectivity index (χ1v) is 15.6. The van der Waals surface area contributed by atoms with Crippen molar-refractivity contribution in [2.75, 3.05) is 20.2 Å². The zero-order chi connectivity index (χ0) is 31.1. The summed E-state index contributed by atoms with van der Waals surface area (Å²) in [6.45, 7) is 4.63. The van der Waals surface area contributed by atoms with Crippen LogP contribution in [0.25, 0.3) is 0 Å². The predicted octanol–water partition coefficient (Wildman–Crippen LogP) is 5.87. The van der Waals surface area contributed by atoms with Gasteiger partial charge in [0, 0.05) is 30.8 Å². The maximum Gasteiger partial charge on any atom is 0.408 e. The second-order valence-corrected chi connectivity index (χ2v) is 12.3. The Morgan fingerprint density at radius 1 is 0.977 bits per heavy atom. The Morgan fingerprint density at radius 2 is 1.64 bits per heavy atom. The van der Waals surface area contributed by atoms with Crippen LogP contribution in [0.2, 0.25) is 0 Å². The van der Waals surface area contributed by atoms with Gasteiger partial charge in [0.2, 0.25) is 5.91 Å². The van der Waals surface area contributed by atoms with Crippen molar-refractivity contribution in [3.05, 3.63) is 95.6 Å². The van der Waals surface area contributed by atoms with Crippen molar-refractivity contribution in [2.45, 2.75) is 76.7 Å². The average molecular weight is 601 g/mol. The van der Waals surface area contributed by atoms with E-state index in [0.717, 1.165) is 42.4 Å².